The number of amides is 2. The second-order valence-electron chi connectivity index (χ2n) is 10.4. The first kappa shape index (κ1) is 28.3. The van der Waals surface area contributed by atoms with Crippen LogP contribution < -0.4 is 11.1 Å². The van der Waals surface area contributed by atoms with Gasteiger partial charge in [-0.25, -0.2) is 4.98 Å². The minimum Gasteiger partial charge on any atom is -0.369 e. The SMILES string of the molecule is CCCCC(=O)N1CC=C(c2cccnc2/N=C(\N)Nc2ccc(C(=O)N(C)C3CCN(C)CC3)cc2)CC1. The van der Waals surface area contributed by atoms with Gasteiger partial charge in [-0.1, -0.05) is 19.4 Å². The van der Waals surface area contributed by atoms with Crippen LogP contribution in [0.1, 0.15) is 61.4 Å². The normalized spacial score (nSPS) is 17.1. The maximum Gasteiger partial charge on any atom is 0.253 e. The molecule has 0 bridgehead atoms. The molecule has 1 aromatic carbocycles. The Morgan fingerprint density at radius 1 is 1.15 bits per heavy atom. The molecule has 3 heterocycles. The molecule has 9 nitrogen and oxygen atoms in total. The molecule has 1 aromatic heterocycles. The third-order valence-corrected chi connectivity index (χ3v) is 7.63. The van der Waals surface area contributed by atoms with Gasteiger partial charge in [0.05, 0.1) is 0 Å². The number of carbonyl (C=O) groups is 2. The number of benzene rings is 1. The molecule has 9 heteroatoms. The van der Waals surface area contributed by atoms with Crippen LogP contribution in [0.2, 0.25) is 0 Å². The lowest BCUT2D eigenvalue weighted by Gasteiger charge is -2.35. The number of nitrogens with two attached hydrogens (primary N) is 1. The van der Waals surface area contributed by atoms with Crippen molar-refractivity contribution in [3.8, 4) is 0 Å². The molecule has 208 valence electrons. The Kier molecular flexibility index (Phi) is 9.70. The van der Waals surface area contributed by atoms with E-state index < -0.39 is 0 Å². The fraction of sp³-hybridized carbons (Fsp3) is 0.467. The van der Waals surface area contributed by atoms with E-state index in [1.165, 1.54) is 0 Å². The first-order chi connectivity index (χ1) is 18.9. The standard InChI is InChI=1S/C30H41N7O2/c1-4-5-8-27(38)37-20-13-22(14-21-37)26-7-6-17-32-28(26)34-30(31)33-24-11-9-23(10-12-24)29(39)36(3)25-15-18-35(2)19-16-25/h6-7,9-13,17,25H,4-5,8,14-16,18-21H2,1-3H3,(H3,31,32,33,34). The molecule has 0 atom stereocenters. The van der Waals surface area contributed by atoms with E-state index in [1.54, 1.807) is 6.20 Å². The van der Waals surface area contributed by atoms with Crippen molar-refractivity contribution in [2.75, 3.05) is 45.6 Å². The maximum atomic E-state index is 13.0. The summed E-state index contributed by atoms with van der Waals surface area (Å²) in [6.45, 7) is 5.41. The van der Waals surface area contributed by atoms with Crippen LogP contribution in [0.5, 0.6) is 0 Å². The Balaban J connectivity index is 1.39. The van der Waals surface area contributed by atoms with Gasteiger partial charge in [0, 0.05) is 55.6 Å². The minimum atomic E-state index is 0.0299. The average Bonchev–Trinajstić information content (AvgIpc) is 2.96. The highest BCUT2D eigenvalue weighted by molar-refractivity contribution is 5.97. The Morgan fingerprint density at radius 2 is 1.90 bits per heavy atom. The second-order valence-corrected chi connectivity index (χ2v) is 10.4. The number of nitrogens with one attached hydrogen (secondary N) is 1. The quantitative estimate of drug-likeness (QED) is 0.392. The molecule has 1 fully saturated rings. The molecule has 0 aliphatic carbocycles. The summed E-state index contributed by atoms with van der Waals surface area (Å²) in [5, 5.41) is 3.11. The summed E-state index contributed by atoms with van der Waals surface area (Å²) < 4.78 is 0. The Labute approximate surface area is 231 Å². The molecule has 0 unspecified atom stereocenters. The molecule has 0 saturated carbocycles. The van der Waals surface area contributed by atoms with Crippen molar-refractivity contribution in [1.29, 1.82) is 0 Å². The third-order valence-electron chi connectivity index (χ3n) is 7.63. The van der Waals surface area contributed by atoms with E-state index in [0.717, 1.165) is 62.0 Å². The number of aliphatic imine (C=N–C) groups is 1. The molecule has 2 aliphatic heterocycles. The number of likely N-dealkylation sites (tertiary alicyclic amines) is 1. The summed E-state index contributed by atoms with van der Waals surface area (Å²) in [7, 11) is 4.01. The largest absolute Gasteiger partial charge is 0.369 e. The number of guanidine groups is 1. The van der Waals surface area contributed by atoms with Crippen molar-refractivity contribution in [3.63, 3.8) is 0 Å². The van der Waals surface area contributed by atoms with Gasteiger partial charge in [-0.3, -0.25) is 9.59 Å². The van der Waals surface area contributed by atoms with Gasteiger partial charge >= 0.3 is 0 Å². The Hall–Kier alpha value is -3.72. The van der Waals surface area contributed by atoms with Gasteiger partial charge in [-0.2, -0.15) is 4.99 Å². The van der Waals surface area contributed by atoms with Crippen LogP contribution in [0, 0.1) is 0 Å². The van der Waals surface area contributed by atoms with Gasteiger partial charge in [-0.05, 0) is 87.8 Å². The highest BCUT2D eigenvalue weighted by atomic mass is 16.2. The van der Waals surface area contributed by atoms with Crippen molar-refractivity contribution in [2.45, 2.75) is 51.5 Å². The van der Waals surface area contributed by atoms with E-state index in [0.29, 0.717) is 30.9 Å². The van der Waals surface area contributed by atoms with Gasteiger partial charge < -0.3 is 25.8 Å². The molecule has 0 spiro atoms. The van der Waals surface area contributed by atoms with E-state index >= 15 is 0 Å². The molecular weight excluding hydrogens is 490 g/mol. The number of hydrogen-bond acceptors (Lipinski definition) is 5. The predicted octanol–water partition coefficient (Wildman–Crippen LogP) is 4.11. The lowest BCUT2D eigenvalue weighted by Crippen LogP contribution is -2.44. The number of aromatic nitrogens is 1. The lowest BCUT2D eigenvalue weighted by molar-refractivity contribution is -0.130. The number of rotatable bonds is 8. The molecule has 3 N–H and O–H groups in total. The number of anilines is 1. The van der Waals surface area contributed by atoms with Crippen molar-refractivity contribution < 1.29 is 9.59 Å². The van der Waals surface area contributed by atoms with Gasteiger partial charge in [0.2, 0.25) is 5.91 Å². The maximum absolute atomic E-state index is 13.0. The monoisotopic (exact) mass is 531 g/mol. The van der Waals surface area contributed by atoms with Crippen LogP contribution in [-0.2, 0) is 4.79 Å². The summed E-state index contributed by atoms with van der Waals surface area (Å²) in [4.78, 5) is 40.5. The Bertz CT molecular complexity index is 1200. The fourth-order valence-electron chi connectivity index (χ4n) is 5.10. The fourth-order valence-corrected chi connectivity index (χ4v) is 5.10. The summed E-state index contributed by atoms with van der Waals surface area (Å²) in [6.07, 6.45) is 9.07. The highest BCUT2D eigenvalue weighted by Crippen LogP contribution is 2.29. The van der Waals surface area contributed by atoms with E-state index in [9.17, 15) is 9.59 Å². The van der Waals surface area contributed by atoms with Gasteiger partial charge in [0.25, 0.3) is 5.91 Å². The molecule has 39 heavy (non-hydrogen) atoms. The summed E-state index contributed by atoms with van der Waals surface area (Å²) in [6, 6.07) is 11.4. The molecule has 2 amide bonds. The average molecular weight is 532 g/mol. The van der Waals surface area contributed by atoms with Crippen LogP contribution in [-0.4, -0.2) is 83.8 Å². The third kappa shape index (κ3) is 7.44. The summed E-state index contributed by atoms with van der Waals surface area (Å²) in [5.74, 6) is 0.991. The highest BCUT2D eigenvalue weighted by Gasteiger charge is 2.25. The molecule has 1 saturated heterocycles. The number of nitrogens with zero attached hydrogens (tertiary/aromatic N) is 5. The molecular formula is C30H41N7O2. The van der Waals surface area contributed by atoms with Crippen LogP contribution in [0.25, 0.3) is 5.57 Å². The van der Waals surface area contributed by atoms with Crippen molar-refractivity contribution in [2.24, 2.45) is 10.7 Å². The van der Waals surface area contributed by atoms with Gasteiger partial charge in [0.1, 0.15) is 0 Å². The topological polar surface area (TPSA) is 107 Å². The number of piperidine rings is 1. The van der Waals surface area contributed by atoms with Crippen molar-refractivity contribution >= 4 is 34.9 Å². The zero-order valence-corrected chi connectivity index (χ0v) is 23.4. The molecule has 0 radical (unpaired) electrons. The summed E-state index contributed by atoms with van der Waals surface area (Å²) in [5.41, 5.74) is 9.67. The number of hydrogen-bond donors (Lipinski definition) is 2. The van der Waals surface area contributed by atoms with Crippen LogP contribution in [0.15, 0.2) is 53.7 Å². The van der Waals surface area contributed by atoms with E-state index in [2.05, 4.69) is 40.2 Å². The second kappa shape index (κ2) is 13.4. The van der Waals surface area contributed by atoms with Gasteiger partial charge in [-0.15, -0.1) is 0 Å². The zero-order valence-electron chi connectivity index (χ0n) is 23.4. The smallest absolute Gasteiger partial charge is 0.253 e. The number of pyridine rings is 1. The molecule has 2 aromatic rings. The molecule has 2 aliphatic rings. The molecule has 4 rings (SSSR count). The lowest BCUT2D eigenvalue weighted by atomic mass is 9.99. The van der Waals surface area contributed by atoms with E-state index in [1.807, 2.05) is 53.2 Å². The van der Waals surface area contributed by atoms with Crippen molar-refractivity contribution in [1.82, 2.24) is 19.7 Å². The van der Waals surface area contributed by atoms with E-state index in [4.69, 9.17) is 5.73 Å². The van der Waals surface area contributed by atoms with Crippen molar-refractivity contribution in [3.05, 3.63) is 59.8 Å². The number of unbranched alkanes of at least 4 members (excludes halogenated alkanes) is 1. The first-order valence-electron chi connectivity index (χ1n) is 13.9. The van der Waals surface area contributed by atoms with Crippen LogP contribution in [0.4, 0.5) is 11.5 Å². The number of carbonyl (C=O) groups excluding carboxylic acids is 2. The first-order valence-corrected chi connectivity index (χ1v) is 13.9. The minimum absolute atomic E-state index is 0.0299. The zero-order chi connectivity index (χ0) is 27.8. The Morgan fingerprint density at radius 3 is 2.56 bits per heavy atom. The summed E-state index contributed by atoms with van der Waals surface area (Å²) >= 11 is 0. The van der Waals surface area contributed by atoms with E-state index in [-0.39, 0.29) is 23.8 Å². The van der Waals surface area contributed by atoms with Gasteiger partial charge in [0.15, 0.2) is 11.8 Å². The predicted molar refractivity (Wildman–Crippen MR) is 157 cm³/mol. The van der Waals surface area contributed by atoms with Crippen LogP contribution in [0.3, 0.4) is 0 Å². The van der Waals surface area contributed by atoms with Crippen LogP contribution >= 0.6 is 0 Å².